The minimum absolute atomic E-state index is 0.0228. The maximum absolute atomic E-state index is 12.0. The summed E-state index contributed by atoms with van der Waals surface area (Å²) in [5, 5.41) is 9.54. The average molecular weight is 346 g/mol. The fraction of sp³-hybridized carbons (Fsp3) is 0.316. The van der Waals surface area contributed by atoms with Crippen LogP contribution >= 0.6 is 0 Å². The van der Waals surface area contributed by atoms with Gasteiger partial charge in [0.2, 0.25) is 0 Å². The van der Waals surface area contributed by atoms with Crippen molar-refractivity contribution in [3.8, 4) is 28.7 Å². The van der Waals surface area contributed by atoms with Crippen molar-refractivity contribution in [1.82, 2.24) is 0 Å². The van der Waals surface area contributed by atoms with Gasteiger partial charge in [-0.15, -0.1) is 0 Å². The third kappa shape index (κ3) is 5.04. The van der Waals surface area contributed by atoms with Gasteiger partial charge in [0, 0.05) is 12.5 Å². The van der Waals surface area contributed by atoms with Crippen LogP contribution in [0.25, 0.3) is 0 Å². The van der Waals surface area contributed by atoms with E-state index in [1.54, 1.807) is 20.3 Å². The Morgan fingerprint density at radius 1 is 0.920 bits per heavy atom. The molecule has 0 fully saturated rings. The van der Waals surface area contributed by atoms with E-state index in [2.05, 4.69) is 0 Å². The number of aryl methyl sites for hydroxylation is 1. The zero-order chi connectivity index (χ0) is 18.2. The van der Waals surface area contributed by atoms with Gasteiger partial charge < -0.3 is 24.1 Å². The summed E-state index contributed by atoms with van der Waals surface area (Å²) in [7, 11) is 4.61. The number of phenols is 1. The maximum atomic E-state index is 12.0. The lowest BCUT2D eigenvalue weighted by atomic mass is 10.1. The number of ether oxygens (including phenoxy) is 4. The number of benzene rings is 2. The molecule has 0 atom stereocenters. The second-order valence-corrected chi connectivity index (χ2v) is 5.35. The van der Waals surface area contributed by atoms with E-state index < -0.39 is 0 Å². The number of rotatable bonds is 9. The van der Waals surface area contributed by atoms with E-state index in [1.807, 2.05) is 18.2 Å². The molecule has 2 rings (SSSR count). The summed E-state index contributed by atoms with van der Waals surface area (Å²) < 4.78 is 20.9. The largest absolute Gasteiger partial charge is 0.504 e. The van der Waals surface area contributed by atoms with E-state index >= 15 is 0 Å². The minimum atomic E-state index is -0.0405. The highest BCUT2D eigenvalue weighted by Gasteiger charge is 2.09. The number of carbonyl (C=O) groups excluding carboxylic acids is 1. The van der Waals surface area contributed by atoms with Crippen molar-refractivity contribution in [3.63, 3.8) is 0 Å². The summed E-state index contributed by atoms with van der Waals surface area (Å²) in [5.74, 6) is 2.06. The van der Waals surface area contributed by atoms with Crippen LogP contribution in [0.1, 0.15) is 12.0 Å². The van der Waals surface area contributed by atoms with Crippen LogP contribution in [0.3, 0.4) is 0 Å². The summed E-state index contributed by atoms with van der Waals surface area (Å²) in [6.45, 7) is -0.0405. The topological polar surface area (TPSA) is 74.2 Å². The van der Waals surface area contributed by atoms with Gasteiger partial charge in [-0.05, 0) is 36.2 Å². The summed E-state index contributed by atoms with van der Waals surface area (Å²) in [4.78, 5) is 12.0. The Hall–Kier alpha value is -2.89. The number of hydrogen-bond donors (Lipinski definition) is 1. The van der Waals surface area contributed by atoms with Gasteiger partial charge in [0.05, 0.1) is 21.3 Å². The summed E-state index contributed by atoms with van der Waals surface area (Å²) in [6.07, 6.45) is 0.937. The van der Waals surface area contributed by atoms with Gasteiger partial charge in [0.1, 0.15) is 12.4 Å². The number of Topliss-reactive ketones (excluding diaryl/α,β-unsaturated/α-hetero) is 1. The first kappa shape index (κ1) is 18.4. The molecule has 0 bridgehead atoms. The van der Waals surface area contributed by atoms with Gasteiger partial charge in [0.25, 0.3) is 0 Å². The van der Waals surface area contributed by atoms with E-state index in [-0.39, 0.29) is 18.1 Å². The van der Waals surface area contributed by atoms with Crippen molar-refractivity contribution in [2.75, 3.05) is 27.9 Å². The van der Waals surface area contributed by atoms with E-state index in [9.17, 15) is 9.90 Å². The van der Waals surface area contributed by atoms with Gasteiger partial charge in [0.15, 0.2) is 28.8 Å². The molecule has 134 valence electrons. The van der Waals surface area contributed by atoms with Crippen LogP contribution in [-0.2, 0) is 11.2 Å². The van der Waals surface area contributed by atoms with E-state index in [0.29, 0.717) is 35.8 Å². The molecular weight excluding hydrogens is 324 g/mol. The highest BCUT2D eigenvalue weighted by atomic mass is 16.5. The molecule has 0 radical (unpaired) electrons. The maximum Gasteiger partial charge on any atom is 0.170 e. The lowest BCUT2D eigenvalue weighted by Gasteiger charge is -2.10. The molecule has 25 heavy (non-hydrogen) atoms. The van der Waals surface area contributed by atoms with Crippen LogP contribution in [0.4, 0.5) is 0 Å². The average Bonchev–Trinajstić information content (AvgIpc) is 2.65. The van der Waals surface area contributed by atoms with Gasteiger partial charge in [-0.25, -0.2) is 0 Å². The molecule has 2 aromatic carbocycles. The Morgan fingerprint density at radius 2 is 1.64 bits per heavy atom. The number of ketones is 1. The number of carbonyl (C=O) groups is 1. The molecule has 6 nitrogen and oxygen atoms in total. The first-order chi connectivity index (χ1) is 12.1. The predicted molar refractivity (Wildman–Crippen MR) is 93.0 cm³/mol. The lowest BCUT2D eigenvalue weighted by Crippen LogP contribution is -2.12. The highest BCUT2D eigenvalue weighted by Crippen LogP contribution is 2.30. The fourth-order valence-electron chi connectivity index (χ4n) is 2.30. The molecule has 0 aliphatic rings. The van der Waals surface area contributed by atoms with Crippen molar-refractivity contribution >= 4 is 5.78 Å². The van der Waals surface area contributed by atoms with Gasteiger partial charge in [-0.1, -0.05) is 6.07 Å². The Labute approximate surface area is 146 Å². The molecule has 0 unspecified atom stereocenters. The molecule has 0 aliphatic heterocycles. The number of hydrogen-bond acceptors (Lipinski definition) is 6. The highest BCUT2D eigenvalue weighted by molar-refractivity contribution is 5.80. The third-order valence-corrected chi connectivity index (χ3v) is 3.69. The normalized spacial score (nSPS) is 10.2. The van der Waals surface area contributed by atoms with Crippen LogP contribution < -0.4 is 18.9 Å². The van der Waals surface area contributed by atoms with Crippen LogP contribution in [0.5, 0.6) is 28.7 Å². The van der Waals surface area contributed by atoms with Crippen molar-refractivity contribution in [2.45, 2.75) is 12.8 Å². The lowest BCUT2D eigenvalue weighted by molar-refractivity contribution is -0.121. The van der Waals surface area contributed by atoms with Crippen molar-refractivity contribution in [2.24, 2.45) is 0 Å². The van der Waals surface area contributed by atoms with Gasteiger partial charge in [-0.2, -0.15) is 0 Å². The third-order valence-electron chi connectivity index (χ3n) is 3.69. The minimum Gasteiger partial charge on any atom is -0.504 e. The van der Waals surface area contributed by atoms with Crippen molar-refractivity contribution in [1.29, 1.82) is 0 Å². The first-order valence-corrected chi connectivity index (χ1v) is 7.79. The molecule has 0 spiro atoms. The van der Waals surface area contributed by atoms with Gasteiger partial charge in [-0.3, -0.25) is 4.79 Å². The Kier molecular flexibility index (Phi) is 6.51. The van der Waals surface area contributed by atoms with Crippen LogP contribution in [0.2, 0.25) is 0 Å². The summed E-state index contributed by atoms with van der Waals surface area (Å²) >= 11 is 0. The zero-order valence-electron chi connectivity index (χ0n) is 14.6. The van der Waals surface area contributed by atoms with E-state index in [1.165, 1.54) is 19.2 Å². The molecular formula is C19H22O6. The molecule has 0 heterocycles. The molecule has 0 saturated heterocycles. The van der Waals surface area contributed by atoms with Crippen molar-refractivity contribution in [3.05, 3.63) is 42.0 Å². The van der Waals surface area contributed by atoms with Crippen LogP contribution in [-0.4, -0.2) is 38.8 Å². The molecule has 0 aromatic heterocycles. The number of phenolic OH excluding ortho intramolecular Hbond substituents is 1. The van der Waals surface area contributed by atoms with Crippen molar-refractivity contribution < 1.29 is 28.8 Å². The number of methoxy groups -OCH3 is 3. The molecule has 0 aliphatic carbocycles. The molecule has 0 saturated carbocycles. The Morgan fingerprint density at radius 3 is 2.32 bits per heavy atom. The summed E-state index contributed by atoms with van der Waals surface area (Å²) in [6, 6.07) is 10.2. The zero-order valence-corrected chi connectivity index (χ0v) is 14.6. The Balaban J connectivity index is 1.86. The van der Waals surface area contributed by atoms with E-state index in [0.717, 1.165) is 5.56 Å². The summed E-state index contributed by atoms with van der Waals surface area (Å²) in [5.41, 5.74) is 0.984. The predicted octanol–water partition coefficient (Wildman–Crippen LogP) is 3.00. The standard InChI is InChI=1S/C19H22O6/c1-22-17-9-5-13(10-19(17)24-3)4-6-14(20)12-25-15-7-8-16(21)18(11-15)23-2/h5,7-11,21H,4,6,12H2,1-3H3. The molecule has 0 amide bonds. The monoisotopic (exact) mass is 346 g/mol. The Bertz CT molecular complexity index is 726. The van der Waals surface area contributed by atoms with Crippen LogP contribution in [0.15, 0.2) is 36.4 Å². The van der Waals surface area contributed by atoms with Crippen LogP contribution in [0, 0.1) is 0 Å². The molecule has 1 N–H and O–H groups in total. The quantitative estimate of drug-likeness (QED) is 0.752. The number of aromatic hydroxyl groups is 1. The second-order valence-electron chi connectivity index (χ2n) is 5.35. The fourth-order valence-corrected chi connectivity index (χ4v) is 2.30. The van der Waals surface area contributed by atoms with Gasteiger partial charge >= 0.3 is 0 Å². The van der Waals surface area contributed by atoms with E-state index in [4.69, 9.17) is 18.9 Å². The SMILES string of the molecule is COc1cc(OCC(=O)CCc2ccc(OC)c(OC)c2)ccc1O. The second kappa shape index (κ2) is 8.82. The first-order valence-electron chi connectivity index (χ1n) is 7.79. The molecule has 6 heteroatoms. The molecule has 2 aromatic rings. The smallest absolute Gasteiger partial charge is 0.170 e.